The van der Waals surface area contributed by atoms with Crippen molar-refractivity contribution < 1.29 is 0 Å². The fourth-order valence-electron chi connectivity index (χ4n) is 4.14. The summed E-state index contributed by atoms with van der Waals surface area (Å²) in [6.45, 7) is 4.84. The molecule has 0 bridgehead atoms. The van der Waals surface area contributed by atoms with Crippen molar-refractivity contribution in [1.82, 2.24) is 4.90 Å². The second-order valence-corrected chi connectivity index (χ2v) is 8.35. The van der Waals surface area contributed by atoms with Gasteiger partial charge in [0.2, 0.25) is 0 Å². The van der Waals surface area contributed by atoms with Gasteiger partial charge in [0, 0.05) is 11.6 Å². The van der Waals surface area contributed by atoms with E-state index in [2.05, 4.69) is 41.9 Å². The van der Waals surface area contributed by atoms with Crippen molar-refractivity contribution in [1.29, 1.82) is 0 Å². The highest BCUT2D eigenvalue weighted by atomic mass is 35.5. The maximum absolute atomic E-state index is 6.21. The number of halogens is 2. The molecule has 1 nitrogen and oxygen atoms in total. The van der Waals surface area contributed by atoms with Crippen molar-refractivity contribution in [3.8, 4) is 11.8 Å². The summed E-state index contributed by atoms with van der Waals surface area (Å²) in [7, 11) is 0. The molecule has 0 amide bonds. The van der Waals surface area contributed by atoms with E-state index >= 15 is 0 Å². The molecule has 4 rings (SSSR count). The Kier molecular flexibility index (Phi) is 5.28. The third-order valence-electron chi connectivity index (χ3n) is 5.74. The molecule has 1 fully saturated rings. The van der Waals surface area contributed by atoms with Crippen LogP contribution < -0.4 is 0 Å². The quantitative estimate of drug-likeness (QED) is 0.536. The van der Waals surface area contributed by atoms with Crippen molar-refractivity contribution in [2.24, 2.45) is 5.92 Å². The summed E-state index contributed by atoms with van der Waals surface area (Å²) in [6.07, 6.45) is 5.04. The molecule has 0 radical (unpaired) electrons. The first-order chi connectivity index (χ1) is 12.6. The fraction of sp³-hybridized carbons (Fsp3) is 0.391. The molecule has 0 spiro atoms. The second-order valence-electron chi connectivity index (χ2n) is 7.53. The van der Waals surface area contributed by atoms with Gasteiger partial charge in [-0.2, -0.15) is 0 Å². The largest absolute Gasteiger partial charge is 0.296 e. The van der Waals surface area contributed by atoms with Gasteiger partial charge in [0.15, 0.2) is 0 Å². The summed E-state index contributed by atoms with van der Waals surface area (Å²) in [5.41, 5.74) is 4.69. The molecule has 3 heteroatoms. The Bertz CT molecular complexity index is 849. The van der Waals surface area contributed by atoms with Gasteiger partial charge in [0.25, 0.3) is 0 Å². The number of hydrogen-bond acceptors (Lipinski definition) is 1. The van der Waals surface area contributed by atoms with Crippen LogP contribution >= 0.6 is 23.2 Å². The van der Waals surface area contributed by atoms with Gasteiger partial charge in [0.05, 0.1) is 15.6 Å². The first-order valence-electron chi connectivity index (χ1n) is 9.44. The van der Waals surface area contributed by atoms with Crippen LogP contribution in [0.1, 0.15) is 54.5 Å². The van der Waals surface area contributed by atoms with Crippen molar-refractivity contribution >= 4 is 23.2 Å². The Balaban J connectivity index is 1.55. The zero-order chi connectivity index (χ0) is 18.1. The Labute approximate surface area is 166 Å². The van der Waals surface area contributed by atoms with Crippen LogP contribution in [0.25, 0.3) is 0 Å². The van der Waals surface area contributed by atoms with Crippen LogP contribution in [0.4, 0.5) is 0 Å². The van der Waals surface area contributed by atoms with Crippen LogP contribution in [-0.4, -0.2) is 18.0 Å². The average molecular weight is 384 g/mol. The number of likely N-dealkylation sites (tertiary alicyclic amines) is 1. The van der Waals surface area contributed by atoms with E-state index < -0.39 is 0 Å². The molecule has 26 heavy (non-hydrogen) atoms. The number of benzene rings is 2. The Morgan fingerprint density at radius 3 is 2.42 bits per heavy atom. The van der Waals surface area contributed by atoms with E-state index in [9.17, 15) is 0 Å². The molecule has 2 aromatic rings. The summed E-state index contributed by atoms with van der Waals surface area (Å²) in [5.74, 6) is 7.26. The number of piperidine rings is 1. The van der Waals surface area contributed by atoms with E-state index in [1.54, 1.807) is 0 Å². The first-order valence-corrected chi connectivity index (χ1v) is 10.2. The van der Waals surface area contributed by atoms with E-state index in [1.165, 1.54) is 43.5 Å². The summed E-state index contributed by atoms with van der Waals surface area (Å²) in [6, 6.07) is 12.8. The van der Waals surface area contributed by atoms with E-state index in [0.717, 1.165) is 17.9 Å². The van der Waals surface area contributed by atoms with Crippen LogP contribution in [0, 0.1) is 17.8 Å². The molecule has 1 atom stereocenters. The summed E-state index contributed by atoms with van der Waals surface area (Å²) < 4.78 is 0. The third kappa shape index (κ3) is 3.65. The smallest absolute Gasteiger partial charge is 0.0621 e. The van der Waals surface area contributed by atoms with E-state index in [-0.39, 0.29) is 0 Å². The van der Waals surface area contributed by atoms with Crippen LogP contribution in [-0.2, 0) is 6.42 Å². The van der Waals surface area contributed by atoms with Gasteiger partial charge in [-0.05, 0) is 80.1 Å². The fourth-order valence-corrected chi connectivity index (χ4v) is 4.64. The highest BCUT2D eigenvalue weighted by molar-refractivity contribution is 6.36. The Hall–Kier alpha value is -1.46. The predicted octanol–water partition coefficient (Wildman–Crippen LogP) is 6.11. The maximum atomic E-state index is 6.21. The normalized spacial score (nSPS) is 20.5. The van der Waals surface area contributed by atoms with Crippen LogP contribution in [0.2, 0.25) is 10.0 Å². The zero-order valence-corrected chi connectivity index (χ0v) is 16.6. The van der Waals surface area contributed by atoms with Crippen molar-refractivity contribution in [2.45, 2.75) is 38.6 Å². The minimum Gasteiger partial charge on any atom is -0.296 e. The lowest BCUT2D eigenvalue weighted by Gasteiger charge is -2.35. The molecule has 1 aliphatic heterocycles. The van der Waals surface area contributed by atoms with Gasteiger partial charge in [-0.3, -0.25) is 4.90 Å². The van der Waals surface area contributed by atoms with Gasteiger partial charge in [0.1, 0.15) is 0 Å². The number of aryl methyl sites for hydroxylation is 1. The Morgan fingerprint density at radius 1 is 0.962 bits per heavy atom. The number of hydrogen-bond donors (Lipinski definition) is 0. The zero-order valence-electron chi connectivity index (χ0n) is 15.1. The van der Waals surface area contributed by atoms with Crippen molar-refractivity contribution in [3.05, 3.63) is 68.7 Å². The summed E-state index contributed by atoms with van der Waals surface area (Å²) >= 11 is 12.4. The summed E-state index contributed by atoms with van der Waals surface area (Å²) in [4.78, 5) is 2.68. The van der Waals surface area contributed by atoms with Gasteiger partial charge in [-0.25, -0.2) is 0 Å². The Morgan fingerprint density at radius 2 is 1.69 bits per heavy atom. The van der Waals surface area contributed by atoms with E-state index in [4.69, 9.17) is 23.2 Å². The van der Waals surface area contributed by atoms with Gasteiger partial charge >= 0.3 is 0 Å². The molecule has 0 aromatic heterocycles. The molecule has 2 aliphatic rings. The standard InChI is InChI=1S/C23H23Cl2N/c1-16-11-13-26(14-12-16)23-10-7-18-15-17(5-8-19(18)23)6-9-20-21(24)3-2-4-22(20)25/h2-5,8,15-16,23H,7,10-14H2,1H3. The SMILES string of the molecule is CC1CCN(C2CCc3cc(C#Cc4c(Cl)cccc4Cl)ccc32)CC1. The lowest BCUT2D eigenvalue weighted by Crippen LogP contribution is -2.35. The molecule has 134 valence electrons. The third-order valence-corrected chi connectivity index (χ3v) is 6.37. The maximum Gasteiger partial charge on any atom is 0.0621 e. The monoisotopic (exact) mass is 383 g/mol. The topological polar surface area (TPSA) is 3.24 Å². The molecular weight excluding hydrogens is 361 g/mol. The predicted molar refractivity (Wildman–Crippen MR) is 110 cm³/mol. The van der Waals surface area contributed by atoms with Crippen LogP contribution in [0.15, 0.2) is 36.4 Å². The first kappa shape index (κ1) is 17.9. The molecule has 1 aliphatic carbocycles. The minimum atomic E-state index is 0.595. The van der Waals surface area contributed by atoms with Gasteiger partial charge in [-0.15, -0.1) is 0 Å². The number of rotatable bonds is 1. The van der Waals surface area contributed by atoms with Gasteiger partial charge in [-0.1, -0.05) is 54.1 Å². The van der Waals surface area contributed by atoms with Crippen LogP contribution in [0.5, 0.6) is 0 Å². The summed E-state index contributed by atoms with van der Waals surface area (Å²) in [5, 5.41) is 1.20. The highest BCUT2D eigenvalue weighted by Gasteiger charge is 2.29. The molecule has 0 N–H and O–H groups in total. The average Bonchev–Trinajstić information content (AvgIpc) is 3.05. The van der Waals surface area contributed by atoms with Gasteiger partial charge < -0.3 is 0 Å². The highest BCUT2D eigenvalue weighted by Crippen LogP contribution is 2.38. The lowest BCUT2D eigenvalue weighted by atomic mass is 9.96. The second kappa shape index (κ2) is 7.65. The van der Waals surface area contributed by atoms with Crippen LogP contribution in [0.3, 0.4) is 0 Å². The minimum absolute atomic E-state index is 0.595. The molecule has 1 saturated heterocycles. The molecule has 1 unspecified atom stereocenters. The molecule has 0 saturated carbocycles. The van der Waals surface area contributed by atoms with Crippen molar-refractivity contribution in [3.63, 3.8) is 0 Å². The lowest BCUT2D eigenvalue weighted by molar-refractivity contribution is 0.137. The molecule has 1 heterocycles. The van der Waals surface area contributed by atoms with E-state index in [0.29, 0.717) is 21.7 Å². The molecule has 2 aromatic carbocycles. The number of nitrogens with zero attached hydrogens (tertiary/aromatic N) is 1. The van der Waals surface area contributed by atoms with E-state index in [1.807, 2.05) is 18.2 Å². The van der Waals surface area contributed by atoms with Crippen molar-refractivity contribution in [2.75, 3.05) is 13.1 Å². The molecular formula is C23H23Cl2N. The number of fused-ring (bicyclic) bond motifs is 1.